The maximum Gasteiger partial charge on any atom is 0.107 e. The Labute approximate surface area is 251 Å². The van der Waals surface area contributed by atoms with Crippen LogP contribution in [0.15, 0.2) is 24.3 Å². The van der Waals surface area contributed by atoms with Crippen LogP contribution in [0.3, 0.4) is 0 Å². The van der Waals surface area contributed by atoms with Gasteiger partial charge in [-0.05, 0) is 66.5 Å². The van der Waals surface area contributed by atoms with Crippen molar-refractivity contribution >= 4 is 102 Å². The number of thiophene rings is 2. The normalized spacial score (nSPS) is 13.9. The van der Waals surface area contributed by atoms with Crippen LogP contribution in [0, 0.1) is 0 Å². The van der Waals surface area contributed by atoms with Crippen molar-refractivity contribution in [2.75, 3.05) is 0 Å². The van der Waals surface area contributed by atoms with Crippen LogP contribution < -0.4 is 9.00 Å². The van der Waals surface area contributed by atoms with E-state index >= 15 is 0 Å². The molecular weight excluding hydrogens is 576 g/mol. The molecule has 4 rings (SSSR count). The summed E-state index contributed by atoms with van der Waals surface area (Å²) < 4.78 is 5.83. The quantitative estimate of drug-likeness (QED) is 0.172. The Kier molecular flexibility index (Phi) is 8.69. The molecule has 0 radical (unpaired) electrons. The van der Waals surface area contributed by atoms with Gasteiger partial charge in [-0.3, -0.25) is 0 Å². The number of fused-ring (bicyclic) bond motifs is 5. The molecule has 0 aliphatic rings. The second kappa shape index (κ2) is 10.8. The van der Waals surface area contributed by atoms with Crippen molar-refractivity contribution in [1.29, 1.82) is 0 Å². The molecule has 0 amide bonds. The van der Waals surface area contributed by atoms with Crippen molar-refractivity contribution < 1.29 is 0 Å². The first-order chi connectivity index (χ1) is 17.6. The summed E-state index contributed by atoms with van der Waals surface area (Å²) in [5.41, 5.74) is 3.98. The zero-order chi connectivity index (χ0) is 28.5. The molecule has 0 saturated carbocycles. The van der Waals surface area contributed by atoms with Crippen LogP contribution in [0.4, 0.5) is 0 Å². The highest BCUT2D eigenvalue weighted by Gasteiger charge is 2.47. The predicted molar refractivity (Wildman–Crippen MR) is 186 cm³/mol. The lowest BCUT2D eigenvalue weighted by Gasteiger charge is -2.42. The maximum atomic E-state index is 7.13. The predicted octanol–water partition coefficient (Wildman–Crippen LogP) is 12.3. The van der Waals surface area contributed by atoms with Gasteiger partial charge in [0, 0.05) is 41.0 Å². The molecule has 2 aromatic carbocycles. The molecule has 0 nitrogen and oxygen atoms in total. The Morgan fingerprint density at radius 1 is 0.447 bits per heavy atom. The highest BCUT2D eigenvalue weighted by atomic mass is 35.5. The van der Waals surface area contributed by atoms with E-state index in [1.54, 1.807) is 9.00 Å². The SMILES string of the molecule is CC(C)[Si](c1cc2c(Cl)cc3c(cc(Cl)c4cc([Si](C(C)C)(C(C)C)C(C)C)sc43)c2s1)(C(C)C)C(C)C. The van der Waals surface area contributed by atoms with E-state index < -0.39 is 16.1 Å². The number of rotatable bonds is 8. The van der Waals surface area contributed by atoms with E-state index in [9.17, 15) is 0 Å². The largest absolute Gasteiger partial charge is 0.144 e. The first kappa shape index (κ1) is 30.6. The number of hydrogen-bond donors (Lipinski definition) is 0. The molecule has 0 N–H and O–H groups in total. The fraction of sp³-hybridized carbons (Fsp3) is 0.562. The summed E-state index contributed by atoms with van der Waals surface area (Å²) in [4.78, 5) is 0. The topological polar surface area (TPSA) is 0 Å². The van der Waals surface area contributed by atoms with Crippen LogP contribution in [0.1, 0.15) is 83.1 Å². The third-order valence-corrected chi connectivity index (χ3v) is 28.7. The zero-order valence-corrected chi connectivity index (χ0v) is 30.5. The molecule has 0 fully saturated rings. The minimum Gasteiger partial charge on any atom is -0.144 e. The van der Waals surface area contributed by atoms with Gasteiger partial charge >= 0.3 is 0 Å². The van der Waals surface area contributed by atoms with Gasteiger partial charge in [0.15, 0.2) is 0 Å². The number of hydrogen-bond acceptors (Lipinski definition) is 2. The Morgan fingerprint density at radius 3 is 0.947 bits per heavy atom. The summed E-state index contributed by atoms with van der Waals surface area (Å²) in [6.45, 7) is 29.3. The molecule has 2 aromatic heterocycles. The lowest BCUT2D eigenvalue weighted by atomic mass is 10.1. The first-order valence-electron chi connectivity index (χ1n) is 14.4. The summed E-state index contributed by atoms with van der Waals surface area (Å²) in [5, 5.41) is 6.73. The molecule has 2 heterocycles. The highest BCUT2D eigenvalue weighted by Crippen LogP contribution is 2.48. The molecule has 0 unspecified atom stereocenters. The average molecular weight is 622 g/mol. The second-order valence-corrected chi connectivity index (χ2v) is 28.7. The minimum absolute atomic E-state index is 0.664. The summed E-state index contributed by atoms with van der Waals surface area (Å²) in [5.74, 6) is 0. The molecule has 0 saturated heterocycles. The van der Waals surface area contributed by atoms with Crippen LogP contribution in [0.5, 0.6) is 0 Å². The minimum atomic E-state index is -1.79. The van der Waals surface area contributed by atoms with Gasteiger partial charge in [0.25, 0.3) is 0 Å². The van der Waals surface area contributed by atoms with Crippen LogP contribution in [0.25, 0.3) is 30.9 Å². The lowest BCUT2D eigenvalue weighted by Crippen LogP contribution is -2.54. The molecule has 208 valence electrons. The van der Waals surface area contributed by atoms with E-state index in [-0.39, 0.29) is 0 Å². The van der Waals surface area contributed by atoms with Crippen molar-refractivity contribution in [3.63, 3.8) is 0 Å². The third-order valence-electron chi connectivity index (χ3n) is 9.89. The summed E-state index contributed by atoms with van der Waals surface area (Å²) in [6, 6.07) is 9.39. The van der Waals surface area contributed by atoms with Gasteiger partial charge in [0.1, 0.15) is 16.1 Å². The number of benzene rings is 2. The van der Waals surface area contributed by atoms with Crippen molar-refractivity contribution in [3.05, 3.63) is 34.3 Å². The van der Waals surface area contributed by atoms with Gasteiger partial charge < -0.3 is 0 Å². The average Bonchev–Trinajstić information content (AvgIpc) is 3.41. The molecule has 0 spiro atoms. The summed E-state index contributed by atoms with van der Waals surface area (Å²) >= 11 is 18.3. The molecule has 38 heavy (non-hydrogen) atoms. The fourth-order valence-corrected chi connectivity index (χ4v) is 29.6. The Bertz CT molecular complexity index is 1320. The Morgan fingerprint density at radius 2 is 0.711 bits per heavy atom. The van der Waals surface area contributed by atoms with E-state index in [1.807, 2.05) is 22.7 Å². The highest BCUT2D eigenvalue weighted by molar-refractivity contribution is 7.34. The van der Waals surface area contributed by atoms with Crippen molar-refractivity contribution in [3.8, 4) is 0 Å². The monoisotopic (exact) mass is 620 g/mol. The van der Waals surface area contributed by atoms with E-state index in [4.69, 9.17) is 23.2 Å². The molecule has 0 atom stereocenters. The van der Waals surface area contributed by atoms with Gasteiger partial charge in [-0.1, -0.05) is 106 Å². The molecule has 4 aromatic rings. The summed E-state index contributed by atoms with van der Waals surface area (Å²) in [7, 11) is -3.58. The van der Waals surface area contributed by atoms with Gasteiger partial charge in [0.05, 0.1) is 0 Å². The molecule has 0 bridgehead atoms. The van der Waals surface area contributed by atoms with Gasteiger partial charge in [0.2, 0.25) is 0 Å². The van der Waals surface area contributed by atoms with E-state index in [0.29, 0.717) is 33.2 Å². The van der Waals surface area contributed by atoms with Crippen LogP contribution in [-0.4, -0.2) is 16.1 Å². The molecule has 6 heteroatoms. The second-order valence-electron chi connectivity index (χ2n) is 13.3. The first-order valence-corrected chi connectivity index (χ1v) is 21.3. The third kappa shape index (κ3) is 4.31. The standard InChI is InChI=1S/C32H46Cl2S2Si2/c1-17(2)37(18(3)4,19(5)6)29-15-25-27(33)14-24-23(31(25)35-29)13-28(34)26-16-30(36-32(24)26)38(20(7)8,21(9)10)22(11)12/h13-22H,1-12H3. The number of halogens is 2. The van der Waals surface area contributed by atoms with E-state index in [0.717, 1.165) is 10.0 Å². The van der Waals surface area contributed by atoms with Crippen molar-refractivity contribution in [2.24, 2.45) is 0 Å². The van der Waals surface area contributed by atoms with Crippen LogP contribution in [0.2, 0.25) is 43.3 Å². The molecule has 0 aliphatic heterocycles. The maximum absolute atomic E-state index is 7.13. The van der Waals surface area contributed by atoms with Gasteiger partial charge in [-0.25, -0.2) is 0 Å². The lowest BCUT2D eigenvalue weighted by molar-refractivity contribution is 0.837. The van der Waals surface area contributed by atoms with Crippen LogP contribution in [-0.2, 0) is 0 Å². The van der Waals surface area contributed by atoms with Crippen LogP contribution >= 0.6 is 45.9 Å². The van der Waals surface area contributed by atoms with E-state index in [2.05, 4.69) is 107 Å². The van der Waals surface area contributed by atoms with Crippen molar-refractivity contribution in [2.45, 2.75) is 116 Å². The Balaban J connectivity index is 2.10. The Hall–Kier alpha value is -0.366. The van der Waals surface area contributed by atoms with Crippen molar-refractivity contribution in [1.82, 2.24) is 0 Å². The zero-order valence-electron chi connectivity index (χ0n) is 25.3. The fourth-order valence-electron chi connectivity index (χ4n) is 8.61. The molecular formula is C32H46Cl2S2Si2. The van der Waals surface area contributed by atoms with E-state index in [1.165, 1.54) is 30.9 Å². The molecule has 0 aliphatic carbocycles. The van der Waals surface area contributed by atoms with Gasteiger partial charge in [-0.15, -0.1) is 22.7 Å². The summed E-state index contributed by atoms with van der Waals surface area (Å²) in [6.07, 6.45) is 0. The van der Waals surface area contributed by atoms with Gasteiger partial charge in [-0.2, -0.15) is 0 Å². The smallest absolute Gasteiger partial charge is 0.107 e.